The number of nitriles is 1. The zero-order valence-electron chi connectivity index (χ0n) is 18.5. The van der Waals surface area contributed by atoms with Gasteiger partial charge >= 0.3 is 190 Å². The normalized spacial score (nSPS) is 10.8. The number of aromatic nitrogens is 1. The van der Waals surface area contributed by atoms with Crippen LogP contribution in [0.1, 0.15) is 20.8 Å². The van der Waals surface area contributed by atoms with E-state index in [1.165, 1.54) is 4.35 Å². The first-order valence-corrected chi connectivity index (χ1v) is 15.8. The van der Waals surface area contributed by atoms with E-state index in [9.17, 15) is 10.1 Å². The number of ether oxygens (including phenoxy) is 1. The molecule has 0 spiro atoms. The molecular weight excluding hydrogens is 495 g/mol. The third kappa shape index (κ3) is 5.03. The first-order valence-electron chi connectivity index (χ1n) is 10.3. The Bertz CT molecular complexity index is 1330. The van der Waals surface area contributed by atoms with E-state index in [1.807, 2.05) is 23.6 Å². The topological polar surface area (TPSA) is 87.0 Å². The molecule has 0 fully saturated rings. The maximum atomic E-state index is 12.9. The number of pyridine rings is 1. The number of fused-ring (bicyclic) bond motifs is 1. The van der Waals surface area contributed by atoms with Gasteiger partial charge < -0.3 is 4.74 Å². The standard InChI is InChI=1S/C25H23AsN4O2S/c1-26(2)17-8-11-22-20(13-17)23(28-15-19-5-4-12-33-19)21(14-27)24(29-22)30-25(31)16-6-9-18(32-3)10-7-16/h4-13H,15H2,1-3H3,(H2,28,29,30,31). The van der Waals surface area contributed by atoms with Gasteiger partial charge in [0.05, 0.1) is 7.11 Å². The van der Waals surface area contributed by atoms with E-state index in [0.29, 0.717) is 29.1 Å². The summed E-state index contributed by atoms with van der Waals surface area (Å²) in [5.41, 5.74) is 6.75. The second-order valence-corrected chi connectivity index (χ2v) is 13.4. The number of benzene rings is 2. The van der Waals surface area contributed by atoms with Crippen LogP contribution < -0.4 is 19.7 Å². The van der Waals surface area contributed by atoms with Crippen LogP contribution in [0.15, 0.2) is 60.0 Å². The van der Waals surface area contributed by atoms with Gasteiger partial charge in [-0.1, -0.05) is 0 Å². The molecule has 2 N–H and O–H groups in total. The molecule has 8 heteroatoms. The fourth-order valence-electron chi connectivity index (χ4n) is 3.42. The van der Waals surface area contributed by atoms with E-state index in [1.54, 1.807) is 42.7 Å². The summed E-state index contributed by atoms with van der Waals surface area (Å²) in [4.78, 5) is 18.7. The zero-order valence-corrected chi connectivity index (χ0v) is 21.2. The minimum atomic E-state index is -1.12. The fourth-order valence-corrected chi connectivity index (χ4v) is 5.66. The third-order valence-electron chi connectivity index (χ3n) is 5.20. The molecule has 166 valence electrons. The van der Waals surface area contributed by atoms with Crippen LogP contribution in [0.5, 0.6) is 5.75 Å². The summed E-state index contributed by atoms with van der Waals surface area (Å²) in [6, 6.07) is 19.3. The van der Waals surface area contributed by atoms with Crippen LogP contribution in [-0.2, 0) is 6.54 Å². The number of carbonyl (C=O) groups is 1. The number of carbonyl (C=O) groups excluding carboxylic acids is 1. The molecule has 0 radical (unpaired) electrons. The number of nitrogens with zero attached hydrogens (tertiary/aromatic N) is 2. The summed E-state index contributed by atoms with van der Waals surface area (Å²) in [5.74, 6) is 0.573. The minimum absolute atomic E-state index is 0.245. The molecule has 0 saturated heterocycles. The van der Waals surface area contributed by atoms with Gasteiger partial charge in [-0.15, -0.1) is 0 Å². The van der Waals surface area contributed by atoms with Gasteiger partial charge in [0.2, 0.25) is 0 Å². The van der Waals surface area contributed by atoms with Crippen LogP contribution in [0.2, 0.25) is 11.4 Å². The van der Waals surface area contributed by atoms with Crippen molar-refractivity contribution in [3.8, 4) is 11.8 Å². The molecular formula is C25H23AsN4O2S. The van der Waals surface area contributed by atoms with Crippen molar-refractivity contribution in [2.45, 2.75) is 18.0 Å². The Morgan fingerprint density at radius 1 is 1.18 bits per heavy atom. The molecule has 0 unspecified atom stereocenters. The number of hydrogen-bond acceptors (Lipinski definition) is 6. The van der Waals surface area contributed by atoms with Gasteiger partial charge in [-0.3, -0.25) is 0 Å². The second-order valence-electron chi connectivity index (χ2n) is 7.53. The van der Waals surface area contributed by atoms with Crippen LogP contribution in [0.25, 0.3) is 10.9 Å². The average Bonchev–Trinajstić information content (AvgIpc) is 3.35. The summed E-state index contributed by atoms with van der Waals surface area (Å²) in [6.45, 7) is 0.585. The molecule has 2 aromatic carbocycles. The number of anilines is 2. The van der Waals surface area contributed by atoms with Crippen molar-refractivity contribution >= 4 is 58.7 Å². The first kappa shape index (κ1) is 22.8. The SMILES string of the molecule is COc1ccc(C(=O)Nc2nc3ccc([As](C)C)cc3c(NCc3cccs3)c2C#N)cc1. The summed E-state index contributed by atoms with van der Waals surface area (Å²) in [7, 11) is 1.57. The molecule has 0 saturated carbocycles. The zero-order chi connectivity index (χ0) is 23.4. The summed E-state index contributed by atoms with van der Waals surface area (Å²) in [6.07, 6.45) is 0. The van der Waals surface area contributed by atoms with E-state index in [4.69, 9.17) is 4.74 Å². The predicted molar refractivity (Wildman–Crippen MR) is 136 cm³/mol. The molecule has 1 amide bonds. The number of hydrogen-bond donors (Lipinski definition) is 2. The predicted octanol–water partition coefficient (Wildman–Crippen LogP) is 5.00. The van der Waals surface area contributed by atoms with E-state index < -0.39 is 14.7 Å². The van der Waals surface area contributed by atoms with E-state index in [-0.39, 0.29) is 11.7 Å². The number of amides is 1. The van der Waals surface area contributed by atoms with Crippen molar-refractivity contribution in [3.05, 3.63) is 76.0 Å². The van der Waals surface area contributed by atoms with Gasteiger partial charge in [0.25, 0.3) is 0 Å². The first-order chi connectivity index (χ1) is 16.0. The molecule has 0 bridgehead atoms. The van der Waals surface area contributed by atoms with Crippen molar-refractivity contribution in [1.29, 1.82) is 5.26 Å². The molecule has 0 aliphatic heterocycles. The van der Waals surface area contributed by atoms with Crippen LogP contribution in [0.4, 0.5) is 11.5 Å². The van der Waals surface area contributed by atoms with E-state index in [2.05, 4.69) is 45.2 Å². The maximum absolute atomic E-state index is 12.9. The Labute approximate surface area is 201 Å². The monoisotopic (exact) mass is 518 g/mol. The van der Waals surface area contributed by atoms with Crippen LogP contribution >= 0.6 is 11.3 Å². The molecule has 0 aliphatic rings. The molecule has 6 nitrogen and oxygen atoms in total. The van der Waals surface area contributed by atoms with Gasteiger partial charge in [0.1, 0.15) is 0 Å². The Balaban J connectivity index is 1.77. The van der Waals surface area contributed by atoms with E-state index >= 15 is 0 Å². The van der Waals surface area contributed by atoms with Crippen molar-refractivity contribution in [3.63, 3.8) is 0 Å². The number of nitrogens with one attached hydrogen (secondary N) is 2. The van der Waals surface area contributed by atoms with Crippen LogP contribution in [-0.4, -0.2) is 32.7 Å². The average molecular weight is 518 g/mol. The molecule has 33 heavy (non-hydrogen) atoms. The van der Waals surface area contributed by atoms with Gasteiger partial charge in [-0.05, 0) is 0 Å². The molecule has 0 atom stereocenters. The summed E-state index contributed by atoms with van der Waals surface area (Å²) >= 11 is 0.530. The Kier molecular flexibility index (Phi) is 6.98. The number of rotatable bonds is 7. The molecule has 4 aromatic rings. The Morgan fingerprint density at radius 2 is 1.97 bits per heavy atom. The van der Waals surface area contributed by atoms with Crippen molar-refractivity contribution in [2.24, 2.45) is 0 Å². The summed E-state index contributed by atoms with van der Waals surface area (Å²) < 4.78 is 6.46. The Hall–Kier alpha value is -3.33. The van der Waals surface area contributed by atoms with Crippen LogP contribution in [0.3, 0.4) is 0 Å². The van der Waals surface area contributed by atoms with E-state index in [0.717, 1.165) is 15.8 Å². The Morgan fingerprint density at radius 3 is 2.61 bits per heavy atom. The summed E-state index contributed by atoms with van der Waals surface area (Å²) in [5, 5.41) is 19.3. The van der Waals surface area contributed by atoms with Gasteiger partial charge in [-0.25, -0.2) is 0 Å². The van der Waals surface area contributed by atoms with Crippen molar-refractivity contribution in [1.82, 2.24) is 4.98 Å². The second kappa shape index (κ2) is 10.1. The molecule has 2 aromatic heterocycles. The van der Waals surface area contributed by atoms with Crippen molar-refractivity contribution < 1.29 is 9.53 Å². The van der Waals surface area contributed by atoms with Crippen molar-refractivity contribution in [2.75, 3.05) is 17.7 Å². The quantitative estimate of drug-likeness (QED) is 0.336. The van der Waals surface area contributed by atoms with Crippen LogP contribution in [0, 0.1) is 11.3 Å². The number of methoxy groups -OCH3 is 1. The third-order valence-corrected chi connectivity index (χ3v) is 8.83. The molecule has 4 rings (SSSR count). The van der Waals surface area contributed by atoms with Gasteiger partial charge in [-0.2, -0.15) is 0 Å². The fraction of sp³-hybridized carbons (Fsp3) is 0.160. The molecule has 0 aliphatic carbocycles. The van der Waals surface area contributed by atoms with Gasteiger partial charge in [0, 0.05) is 0 Å². The van der Waals surface area contributed by atoms with Gasteiger partial charge in [0.15, 0.2) is 0 Å². The number of thiophene rings is 1. The molecule has 2 heterocycles.